The maximum atomic E-state index is 11.9. The van der Waals surface area contributed by atoms with Gasteiger partial charge < -0.3 is 30.0 Å². The van der Waals surface area contributed by atoms with Crippen molar-refractivity contribution in [2.45, 2.75) is 31.5 Å². The second kappa shape index (κ2) is 7.09. The first-order valence-electron chi connectivity index (χ1n) is 7.07. The number of aromatic nitrogens is 2. The number of aromatic amines is 1. The number of nitrogens with zero attached hydrogens (tertiary/aromatic N) is 2. The van der Waals surface area contributed by atoms with E-state index in [0.29, 0.717) is 5.56 Å². The molecule has 128 valence electrons. The lowest BCUT2D eigenvalue weighted by atomic mass is 10.1. The van der Waals surface area contributed by atoms with E-state index in [-0.39, 0.29) is 23.9 Å². The van der Waals surface area contributed by atoms with E-state index in [1.54, 1.807) is 6.92 Å². The third-order valence-electron chi connectivity index (χ3n) is 3.77. The summed E-state index contributed by atoms with van der Waals surface area (Å²) in [5.74, 6) is 0.227. The third-order valence-corrected chi connectivity index (χ3v) is 3.77. The number of H-pyrrole nitrogens is 1. The molecular weight excluding hydrogens is 304 g/mol. The number of nitrogen functional groups attached to an aromatic ring is 1. The molecule has 1 saturated heterocycles. The fourth-order valence-electron chi connectivity index (χ4n) is 2.64. The molecule has 0 amide bonds. The van der Waals surface area contributed by atoms with Crippen molar-refractivity contribution in [1.82, 2.24) is 9.97 Å². The molecule has 2 heterocycles. The Morgan fingerprint density at radius 3 is 2.83 bits per heavy atom. The van der Waals surface area contributed by atoms with Crippen molar-refractivity contribution in [3.05, 3.63) is 28.7 Å². The fourth-order valence-corrected chi connectivity index (χ4v) is 2.64. The topological polar surface area (TPSA) is 123 Å². The average molecular weight is 326 g/mol. The van der Waals surface area contributed by atoms with Gasteiger partial charge in [0.25, 0.3) is 5.56 Å². The zero-order valence-corrected chi connectivity index (χ0v) is 13.4. The Hall–Kier alpha value is -1.94. The Morgan fingerprint density at radius 1 is 1.57 bits per heavy atom. The molecule has 9 nitrogen and oxygen atoms in total. The van der Waals surface area contributed by atoms with Crippen LogP contribution < -0.4 is 16.2 Å². The number of nitrogens with two attached hydrogens (primary N) is 1. The highest BCUT2D eigenvalue weighted by atomic mass is 16.6. The number of methoxy groups -OCH3 is 2. The maximum absolute atomic E-state index is 11.9. The van der Waals surface area contributed by atoms with E-state index >= 15 is 0 Å². The lowest BCUT2D eigenvalue weighted by Crippen LogP contribution is -2.43. The van der Waals surface area contributed by atoms with Gasteiger partial charge in [0.1, 0.15) is 24.1 Å². The molecule has 2 rings (SSSR count). The van der Waals surface area contributed by atoms with Gasteiger partial charge in [0.05, 0.1) is 12.2 Å². The first-order valence-corrected chi connectivity index (χ1v) is 7.07. The van der Waals surface area contributed by atoms with Gasteiger partial charge in [-0.2, -0.15) is 4.98 Å². The second-order valence-corrected chi connectivity index (χ2v) is 5.20. The van der Waals surface area contributed by atoms with Gasteiger partial charge in [0.2, 0.25) is 5.95 Å². The molecule has 0 spiro atoms. The van der Waals surface area contributed by atoms with E-state index in [2.05, 4.69) is 16.5 Å². The molecule has 1 fully saturated rings. The van der Waals surface area contributed by atoms with Crippen LogP contribution in [0.5, 0.6) is 0 Å². The van der Waals surface area contributed by atoms with Gasteiger partial charge in [0.15, 0.2) is 6.23 Å². The molecular formula is C14H22N4O5. The van der Waals surface area contributed by atoms with Crippen molar-refractivity contribution in [2.24, 2.45) is 0 Å². The first-order chi connectivity index (χ1) is 10.9. The molecule has 4 N–H and O–H groups in total. The maximum Gasteiger partial charge on any atom is 0.257 e. The van der Waals surface area contributed by atoms with E-state index in [1.807, 2.05) is 0 Å². The molecule has 0 saturated carbocycles. The van der Waals surface area contributed by atoms with Crippen LogP contribution in [0.3, 0.4) is 0 Å². The number of ether oxygens (including phenoxy) is 3. The summed E-state index contributed by atoms with van der Waals surface area (Å²) in [7, 11) is 3.01. The molecule has 0 bridgehead atoms. The van der Waals surface area contributed by atoms with Crippen LogP contribution >= 0.6 is 0 Å². The highest BCUT2D eigenvalue weighted by Gasteiger charge is 2.47. The minimum absolute atomic E-state index is 0.0355. The van der Waals surface area contributed by atoms with Gasteiger partial charge in [-0.3, -0.25) is 9.78 Å². The fraction of sp³-hybridized carbons (Fsp3) is 0.571. The minimum atomic E-state index is -0.986. The third kappa shape index (κ3) is 3.22. The Kier molecular flexibility index (Phi) is 5.37. The van der Waals surface area contributed by atoms with E-state index in [0.717, 1.165) is 0 Å². The average Bonchev–Trinajstić information content (AvgIpc) is 2.81. The van der Waals surface area contributed by atoms with Gasteiger partial charge in [-0.15, -0.1) is 0 Å². The minimum Gasteiger partial charge on any atom is -0.386 e. The van der Waals surface area contributed by atoms with Crippen molar-refractivity contribution in [3.63, 3.8) is 0 Å². The highest BCUT2D eigenvalue weighted by molar-refractivity contribution is 5.51. The summed E-state index contributed by atoms with van der Waals surface area (Å²) in [5.41, 5.74) is 5.57. The Labute approximate surface area is 133 Å². The highest BCUT2D eigenvalue weighted by Crippen LogP contribution is 2.30. The largest absolute Gasteiger partial charge is 0.386 e. The van der Waals surface area contributed by atoms with Crippen LogP contribution in [-0.4, -0.2) is 60.4 Å². The summed E-state index contributed by atoms with van der Waals surface area (Å²) in [5, 5.41) is 10.5. The van der Waals surface area contributed by atoms with Crippen LogP contribution in [0.25, 0.3) is 0 Å². The number of rotatable bonds is 6. The molecule has 23 heavy (non-hydrogen) atoms. The number of hydrogen-bond donors (Lipinski definition) is 3. The van der Waals surface area contributed by atoms with Crippen molar-refractivity contribution in [3.8, 4) is 0 Å². The number of anilines is 2. The molecule has 4 atom stereocenters. The van der Waals surface area contributed by atoms with E-state index < -0.39 is 24.5 Å². The van der Waals surface area contributed by atoms with Crippen molar-refractivity contribution in [2.75, 3.05) is 31.5 Å². The van der Waals surface area contributed by atoms with Crippen LogP contribution in [0.2, 0.25) is 0 Å². The normalized spacial score (nSPS) is 27.1. The smallest absolute Gasteiger partial charge is 0.257 e. The summed E-state index contributed by atoms with van der Waals surface area (Å²) < 4.78 is 16.2. The summed E-state index contributed by atoms with van der Waals surface area (Å²) in [4.78, 5) is 19.9. The molecule has 9 heteroatoms. The number of aliphatic hydroxyl groups excluding tert-OH is 1. The standard InChI is InChI=1S/C14H22N4O5/c1-5-18(11-7(2)12(20)17-14(15)16-11)13-9(19)10(22-4)8(23-13)6-21-3/h5,8-10,13,19H,1,6H2,2-4H3,(H3,15,16,17,20)/t8-,9?,10?,13-/m1/s1. The quantitative estimate of drug-likeness (QED) is 0.631. The second-order valence-electron chi connectivity index (χ2n) is 5.20. The van der Waals surface area contributed by atoms with Gasteiger partial charge in [-0.05, 0) is 6.92 Å². The summed E-state index contributed by atoms with van der Waals surface area (Å²) in [6.45, 7) is 5.56. The molecule has 0 radical (unpaired) electrons. The number of nitrogens with one attached hydrogen (secondary N) is 1. The Bertz CT molecular complexity index is 620. The van der Waals surface area contributed by atoms with Crippen molar-refractivity contribution < 1.29 is 19.3 Å². The molecule has 1 aromatic rings. The Morgan fingerprint density at radius 2 is 2.26 bits per heavy atom. The lowest BCUT2D eigenvalue weighted by molar-refractivity contribution is -0.0448. The molecule has 0 aliphatic carbocycles. The van der Waals surface area contributed by atoms with Crippen LogP contribution in [-0.2, 0) is 14.2 Å². The number of hydrogen-bond acceptors (Lipinski definition) is 8. The van der Waals surface area contributed by atoms with Crippen LogP contribution in [0, 0.1) is 6.92 Å². The predicted octanol–water partition coefficient (Wildman–Crippen LogP) is -0.642. The SMILES string of the molecule is C=CN(c1nc(N)[nH]c(=O)c1C)[C@@H]1O[C@H](COC)C(OC)C1O. The molecule has 0 aromatic carbocycles. The van der Waals surface area contributed by atoms with E-state index in [4.69, 9.17) is 19.9 Å². The Balaban J connectivity index is 2.38. The van der Waals surface area contributed by atoms with E-state index in [1.165, 1.54) is 25.3 Å². The van der Waals surface area contributed by atoms with Crippen molar-refractivity contribution >= 4 is 11.8 Å². The van der Waals surface area contributed by atoms with Gasteiger partial charge in [-0.1, -0.05) is 6.58 Å². The zero-order valence-electron chi connectivity index (χ0n) is 13.4. The van der Waals surface area contributed by atoms with Gasteiger partial charge in [-0.25, -0.2) is 0 Å². The van der Waals surface area contributed by atoms with E-state index in [9.17, 15) is 9.90 Å². The molecule has 1 aromatic heterocycles. The van der Waals surface area contributed by atoms with Gasteiger partial charge >= 0.3 is 0 Å². The molecule has 1 aliphatic rings. The summed E-state index contributed by atoms with van der Waals surface area (Å²) >= 11 is 0. The van der Waals surface area contributed by atoms with Crippen molar-refractivity contribution in [1.29, 1.82) is 0 Å². The van der Waals surface area contributed by atoms with Crippen LogP contribution in [0.15, 0.2) is 17.6 Å². The molecule has 2 unspecified atom stereocenters. The summed E-state index contributed by atoms with van der Waals surface area (Å²) in [6, 6.07) is 0. The number of aliphatic hydroxyl groups is 1. The first kappa shape index (κ1) is 17.4. The lowest BCUT2D eigenvalue weighted by Gasteiger charge is -2.29. The predicted molar refractivity (Wildman–Crippen MR) is 84.0 cm³/mol. The van der Waals surface area contributed by atoms with Crippen LogP contribution in [0.1, 0.15) is 5.56 Å². The zero-order chi connectivity index (χ0) is 17.1. The monoisotopic (exact) mass is 326 g/mol. The summed E-state index contributed by atoms with van der Waals surface area (Å²) in [6.07, 6.45) is -1.44. The van der Waals surface area contributed by atoms with Gasteiger partial charge in [0, 0.05) is 20.4 Å². The van der Waals surface area contributed by atoms with Crippen LogP contribution in [0.4, 0.5) is 11.8 Å². The molecule has 1 aliphatic heterocycles.